The summed E-state index contributed by atoms with van der Waals surface area (Å²) < 4.78 is 34.5. The second-order valence-corrected chi connectivity index (χ2v) is 6.86. The van der Waals surface area contributed by atoms with E-state index < -0.39 is 12.5 Å². The Bertz CT molecular complexity index is 1120. The van der Waals surface area contributed by atoms with Gasteiger partial charge in [-0.25, -0.2) is 0 Å². The van der Waals surface area contributed by atoms with Crippen molar-refractivity contribution in [2.24, 2.45) is 0 Å². The van der Waals surface area contributed by atoms with E-state index in [9.17, 15) is 8.78 Å². The van der Waals surface area contributed by atoms with Gasteiger partial charge in [0, 0.05) is 17.8 Å². The van der Waals surface area contributed by atoms with Crippen LogP contribution in [0.5, 0.6) is 0 Å². The molecule has 0 aliphatic carbocycles. The fraction of sp³-hybridized carbons (Fsp3) is 0.143. The molecule has 2 aromatic heterocycles. The molecule has 4 rings (SSSR count). The monoisotopic (exact) mass is 414 g/mol. The van der Waals surface area contributed by atoms with Crippen molar-refractivity contribution in [3.05, 3.63) is 83.1 Å². The number of alkyl halides is 2. The summed E-state index contributed by atoms with van der Waals surface area (Å²) in [5, 5.41) is 6.48. The zero-order valence-corrected chi connectivity index (χ0v) is 16.0. The summed E-state index contributed by atoms with van der Waals surface area (Å²) in [5.74, 6) is -3.12. The molecule has 2 N–H and O–H groups in total. The maximum atomic E-state index is 14.4. The van der Waals surface area contributed by atoms with Gasteiger partial charge in [0.2, 0.25) is 0 Å². The zero-order valence-electron chi connectivity index (χ0n) is 15.2. The standard InChI is InChI=1S/C21H17ClF2N4O/c22-15-6-3-5-14(11-15)12-26-20-28-19-16(7-4-8-17(19)29-20)27-13-21(23,24)18-9-1-2-10-25-18/h1-11,27H,12-13H2,(H,26,28). The molecule has 0 aliphatic rings. The number of pyridine rings is 1. The molecule has 0 bridgehead atoms. The van der Waals surface area contributed by atoms with Gasteiger partial charge < -0.3 is 15.1 Å². The van der Waals surface area contributed by atoms with Gasteiger partial charge >= 0.3 is 5.92 Å². The topological polar surface area (TPSA) is 63.0 Å². The van der Waals surface area contributed by atoms with Crippen LogP contribution in [-0.4, -0.2) is 16.5 Å². The minimum absolute atomic E-state index is 0.288. The smallest absolute Gasteiger partial charge is 0.306 e. The Labute approximate surface area is 170 Å². The van der Waals surface area contributed by atoms with Crippen LogP contribution in [0.15, 0.2) is 71.3 Å². The summed E-state index contributed by atoms with van der Waals surface area (Å²) in [5.41, 5.74) is 2.09. The molecule has 8 heteroatoms. The van der Waals surface area contributed by atoms with Crippen molar-refractivity contribution < 1.29 is 13.2 Å². The molecule has 4 aromatic rings. The Balaban J connectivity index is 1.49. The predicted molar refractivity (Wildman–Crippen MR) is 109 cm³/mol. The lowest BCUT2D eigenvalue weighted by molar-refractivity contribution is 0.00602. The number of nitrogens with one attached hydrogen (secondary N) is 2. The molecular weight excluding hydrogens is 398 g/mol. The van der Waals surface area contributed by atoms with E-state index in [1.165, 1.54) is 18.3 Å². The van der Waals surface area contributed by atoms with E-state index in [0.29, 0.717) is 34.4 Å². The van der Waals surface area contributed by atoms with Gasteiger partial charge in [0.1, 0.15) is 11.2 Å². The van der Waals surface area contributed by atoms with Gasteiger partial charge in [0.15, 0.2) is 5.58 Å². The first-order valence-corrected chi connectivity index (χ1v) is 9.30. The quantitative estimate of drug-likeness (QED) is 0.406. The van der Waals surface area contributed by atoms with Crippen LogP contribution in [0.1, 0.15) is 11.3 Å². The molecule has 2 heterocycles. The highest BCUT2D eigenvalue weighted by Crippen LogP contribution is 2.30. The van der Waals surface area contributed by atoms with E-state index in [1.807, 2.05) is 18.2 Å². The zero-order chi connectivity index (χ0) is 20.3. The average Bonchev–Trinajstić information content (AvgIpc) is 3.15. The van der Waals surface area contributed by atoms with Crippen molar-refractivity contribution in [2.45, 2.75) is 12.5 Å². The van der Waals surface area contributed by atoms with Crippen molar-refractivity contribution in [2.75, 3.05) is 17.2 Å². The van der Waals surface area contributed by atoms with Crippen molar-refractivity contribution in [1.82, 2.24) is 9.97 Å². The Morgan fingerprint density at radius 1 is 1.00 bits per heavy atom. The number of oxazole rings is 1. The van der Waals surface area contributed by atoms with Crippen LogP contribution in [0.3, 0.4) is 0 Å². The summed E-state index contributed by atoms with van der Waals surface area (Å²) >= 11 is 5.99. The van der Waals surface area contributed by atoms with Crippen LogP contribution in [0.4, 0.5) is 20.5 Å². The van der Waals surface area contributed by atoms with Gasteiger partial charge in [0.05, 0.1) is 12.2 Å². The number of benzene rings is 2. The molecule has 0 saturated heterocycles. The van der Waals surface area contributed by atoms with E-state index in [2.05, 4.69) is 20.6 Å². The van der Waals surface area contributed by atoms with Crippen LogP contribution in [0.25, 0.3) is 11.1 Å². The highest BCUT2D eigenvalue weighted by Gasteiger charge is 2.33. The Morgan fingerprint density at radius 3 is 2.66 bits per heavy atom. The first-order chi connectivity index (χ1) is 14.0. The Hall–Kier alpha value is -3.19. The summed E-state index contributed by atoms with van der Waals surface area (Å²) in [6, 6.07) is 17.3. The summed E-state index contributed by atoms with van der Waals surface area (Å²) in [4.78, 5) is 8.13. The van der Waals surface area contributed by atoms with Crippen LogP contribution in [0.2, 0.25) is 5.02 Å². The minimum atomic E-state index is -3.12. The molecular formula is C21H17ClF2N4O. The van der Waals surface area contributed by atoms with E-state index in [0.717, 1.165) is 5.56 Å². The Kier molecular flexibility index (Phi) is 5.31. The second-order valence-electron chi connectivity index (χ2n) is 6.43. The third-order valence-electron chi connectivity index (χ3n) is 4.29. The van der Waals surface area contributed by atoms with Gasteiger partial charge in [-0.2, -0.15) is 13.8 Å². The molecule has 0 unspecified atom stereocenters. The molecule has 0 saturated carbocycles. The number of para-hydroxylation sites is 1. The molecule has 5 nitrogen and oxygen atoms in total. The lowest BCUT2D eigenvalue weighted by atomic mass is 10.2. The van der Waals surface area contributed by atoms with Gasteiger partial charge in [-0.1, -0.05) is 35.9 Å². The highest BCUT2D eigenvalue weighted by molar-refractivity contribution is 6.30. The molecule has 0 amide bonds. The van der Waals surface area contributed by atoms with E-state index >= 15 is 0 Å². The second kappa shape index (κ2) is 8.05. The first-order valence-electron chi connectivity index (χ1n) is 8.92. The van der Waals surface area contributed by atoms with Crippen molar-refractivity contribution in [1.29, 1.82) is 0 Å². The van der Waals surface area contributed by atoms with E-state index in [-0.39, 0.29) is 5.69 Å². The molecule has 2 aromatic carbocycles. The van der Waals surface area contributed by atoms with E-state index in [1.54, 1.807) is 30.3 Å². The van der Waals surface area contributed by atoms with Crippen LogP contribution < -0.4 is 10.6 Å². The normalized spacial score (nSPS) is 11.6. The fourth-order valence-electron chi connectivity index (χ4n) is 2.87. The summed E-state index contributed by atoms with van der Waals surface area (Å²) in [6.45, 7) is -0.144. The number of hydrogen-bond donors (Lipinski definition) is 2. The first kappa shape index (κ1) is 19.1. The molecule has 0 fully saturated rings. The third-order valence-corrected chi connectivity index (χ3v) is 4.53. The SMILES string of the molecule is FC(F)(CNc1cccc2oc(NCc3cccc(Cl)c3)nc12)c1ccccn1. The number of anilines is 2. The van der Waals surface area contributed by atoms with Gasteiger partial charge in [0.25, 0.3) is 6.01 Å². The maximum absolute atomic E-state index is 14.4. The largest absolute Gasteiger partial charge is 0.423 e. The van der Waals surface area contributed by atoms with Gasteiger partial charge in [-0.05, 0) is 42.0 Å². The van der Waals surface area contributed by atoms with E-state index in [4.69, 9.17) is 16.0 Å². The summed E-state index contributed by atoms with van der Waals surface area (Å²) in [7, 11) is 0. The maximum Gasteiger partial charge on any atom is 0.306 e. The van der Waals surface area contributed by atoms with Crippen molar-refractivity contribution >= 4 is 34.4 Å². The van der Waals surface area contributed by atoms with Gasteiger partial charge in [-0.3, -0.25) is 4.98 Å². The minimum Gasteiger partial charge on any atom is -0.423 e. The average molecular weight is 415 g/mol. The number of nitrogens with zero attached hydrogens (tertiary/aromatic N) is 2. The number of rotatable bonds is 7. The van der Waals surface area contributed by atoms with Crippen LogP contribution >= 0.6 is 11.6 Å². The van der Waals surface area contributed by atoms with Crippen molar-refractivity contribution in [3.8, 4) is 0 Å². The van der Waals surface area contributed by atoms with Crippen LogP contribution in [0, 0.1) is 0 Å². The molecule has 0 atom stereocenters. The predicted octanol–water partition coefficient (Wildman–Crippen LogP) is 5.69. The van der Waals surface area contributed by atoms with Gasteiger partial charge in [-0.15, -0.1) is 0 Å². The van der Waals surface area contributed by atoms with Crippen LogP contribution in [-0.2, 0) is 12.5 Å². The lowest BCUT2D eigenvalue weighted by Gasteiger charge is -2.17. The molecule has 0 spiro atoms. The lowest BCUT2D eigenvalue weighted by Crippen LogP contribution is -2.25. The Morgan fingerprint density at radius 2 is 1.86 bits per heavy atom. The number of halogens is 3. The number of hydrogen-bond acceptors (Lipinski definition) is 5. The number of fused-ring (bicyclic) bond motifs is 1. The molecule has 0 aliphatic heterocycles. The molecule has 29 heavy (non-hydrogen) atoms. The van der Waals surface area contributed by atoms with Crippen molar-refractivity contribution in [3.63, 3.8) is 0 Å². The summed E-state index contributed by atoms with van der Waals surface area (Å²) in [6.07, 6.45) is 1.35. The third kappa shape index (κ3) is 4.46. The fourth-order valence-corrected chi connectivity index (χ4v) is 3.08. The molecule has 148 valence electrons. The molecule has 0 radical (unpaired) electrons. The highest BCUT2D eigenvalue weighted by atomic mass is 35.5. The number of aromatic nitrogens is 2.